The predicted octanol–water partition coefficient (Wildman–Crippen LogP) is 6.04. The first kappa shape index (κ1) is 26.2. The fraction of sp³-hybridized carbons (Fsp3) is 0.281. The molecule has 1 heterocycles. The molecule has 2 aliphatic carbocycles. The van der Waals surface area contributed by atoms with Crippen molar-refractivity contribution in [3.63, 3.8) is 0 Å². The van der Waals surface area contributed by atoms with Gasteiger partial charge in [-0.15, -0.1) is 0 Å². The van der Waals surface area contributed by atoms with Crippen molar-refractivity contribution in [1.82, 2.24) is 10.2 Å². The molecule has 0 radical (unpaired) electrons. The Morgan fingerprint density at radius 1 is 0.875 bits per heavy atom. The molecule has 8 heteroatoms. The number of aryl methyl sites for hydroxylation is 1. The van der Waals surface area contributed by atoms with Gasteiger partial charge < -0.3 is 9.47 Å². The zero-order chi connectivity index (χ0) is 27.9. The van der Waals surface area contributed by atoms with Crippen molar-refractivity contribution >= 4 is 21.9 Å². The van der Waals surface area contributed by atoms with E-state index < -0.39 is 15.4 Å². The van der Waals surface area contributed by atoms with Gasteiger partial charge in [0.2, 0.25) is 0 Å². The van der Waals surface area contributed by atoms with Gasteiger partial charge in [-0.3, -0.25) is 5.10 Å². The van der Waals surface area contributed by atoms with Crippen LogP contribution in [0.3, 0.4) is 0 Å². The Morgan fingerprint density at radius 2 is 1.45 bits per heavy atom. The van der Waals surface area contributed by atoms with E-state index in [1.54, 1.807) is 30.7 Å². The third kappa shape index (κ3) is 4.36. The molecule has 0 aliphatic heterocycles. The maximum absolute atomic E-state index is 14.0. The lowest BCUT2D eigenvalue weighted by molar-refractivity contribution is 0.413. The summed E-state index contributed by atoms with van der Waals surface area (Å²) in [4.78, 5) is 0.285. The number of ether oxygens (including phenoxy) is 2. The summed E-state index contributed by atoms with van der Waals surface area (Å²) >= 11 is 0. The van der Waals surface area contributed by atoms with E-state index in [9.17, 15) is 8.42 Å². The highest BCUT2D eigenvalue weighted by Gasteiger charge is 2.41. The van der Waals surface area contributed by atoms with Crippen LogP contribution in [0, 0.1) is 6.92 Å². The molecule has 3 aromatic carbocycles. The number of nitrogens with zero attached hydrogens (tertiary/aromatic N) is 2. The Balaban J connectivity index is 1.45. The fourth-order valence-electron chi connectivity index (χ4n) is 5.69. The second-order valence-electron chi connectivity index (χ2n) is 10.6. The van der Waals surface area contributed by atoms with Crippen LogP contribution in [0.15, 0.2) is 83.8 Å². The number of sulfonamides is 1. The van der Waals surface area contributed by atoms with E-state index in [1.807, 2.05) is 49.4 Å². The van der Waals surface area contributed by atoms with Gasteiger partial charge in [0, 0.05) is 29.1 Å². The minimum Gasteiger partial charge on any atom is -0.497 e. The summed E-state index contributed by atoms with van der Waals surface area (Å²) in [5, 5.41) is 7.87. The monoisotopic (exact) mass is 555 g/mol. The molecule has 0 bridgehead atoms. The van der Waals surface area contributed by atoms with Gasteiger partial charge in [0.05, 0.1) is 19.1 Å². The first-order valence-corrected chi connectivity index (χ1v) is 15.0. The zero-order valence-electron chi connectivity index (χ0n) is 22.9. The largest absolute Gasteiger partial charge is 0.497 e. The van der Waals surface area contributed by atoms with Crippen LogP contribution in [-0.2, 0) is 21.9 Å². The smallest absolute Gasteiger partial charge is 0.265 e. The van der Waals surface area contributed by atoms with Gasteiger partial charge >= 0.3 is 0 Å². The lowest BCUT2D eigenvalue weighted by Gasteiger charge is -2.38. The predicted molar refractivity (Wildman–Crippen MR) is 157 cm³/mol. The molecule has 1 saturated carbocycles. The van der Waals surface area contributed by atoms with Gasteiger partial charge in [0.1, 0.15) is 11.5 Å². The minimum absolute atomic E-state index is 0.109. The maximum atomic E-state index is 14.0. The Kier molecular flexibility index (Phi) is 6.66. The second kappa shape index (κ2) is 10.2. The molecule has 40 heavy (non-hydrogen) atoms. The molecular formula is C32H33N3O4S. The topological polar surface area (TPSA) is 84.5 Å². The second-order valence-corrected chi connectivity index (χ2v) is 12.4. The molecule has 6 rings (SSSR count). The average Bonchev–Trinajstić information content (AvgIpc) is 3.37. The van der Waals surface area contributed by atoms with Crippen molar-refractivity contribution in [2.45, 2.75) is 49.0 Å². The van der Waals surface area contributed by atoms with Gasteiger partial charge in [-0.25, -0.2) is 12.7 Å². The Hall–Kier alpha value is -4.04. The highest BCUT2D eigenvalue weighted by molar-refractivity contribution is 7.92. The van der Waals surface area contributed by atoms with Crippen molar-refractivity contribution in [3.05, 3.63) is 107 Å². The Bertz CT molecular complexity index is 1590. The Morgan fingerprint density at radius 3 is 1.95 bits per heavy atom. The molecule has 0 unspecified atom stereocenters. The summed E-state index contributed by atoms with van der Waals surface area (Å²) in [5.41, 5.74) is 4.43. The lowest BCUT2D eigenvalue weighted by Crippen LogP contribution is -2.45. The van der Waals surface area contributed by atoms with E-state index in [1.165, 1.54) is 0 Å². The zero-order valence-corrected chi connectivity index (χ0v) is 23.7. The van der Waals surface area contributed by atoms with Crippen molar-refractivity contribution in [2.75, 3.05) is 18.5 Å². The van der Waals surface area contributed by atoms with Crippen molar-refractivity contribution < 1.29 is 17.9 Å². The average molecular weight is 556 g/mol. The molecule has 2 aliphatic rings. The van der Waals surface area contributed by atoms with Crippen molar-refractivity contribution in [3.8, 4) is 11.5 Å². The molecule has 7 nitrogen and oxygen atoms in total. The van der Waals surface area contributed by atoms with Crippen LogP contribution < -0.4 is 13.8 Å². The summed E-state index contributed by atoms with van der Waals surface area (Å²) in [6.45, 7) is 1.95. The number of anilines is 1. The third-order valence-electron chi connectivity index (χ3n) is 8.26. The molecule has 1 fully saturated rings. The van der Waals surface area contributed by atoms with Crippen LogP contribution in [-0.4, -0.2) is 38.9 Å². The number of hydrogen-bond donors (Lipinski definition) is 1. The van der Waals surface area contributed by atoms with Gasteiger partial charge in [-0.1, -0.05) is 54.1 Å². The van der Waals surface area contributed by atoms with E-state index in [0.29, 0.717) is 12.2 Å². The number of methoxy groups -OCH3 is 2. The van der Waals surface area contributed by atoms with E-state index in [2.05, 4.69) is 40.5 Å². The SMILES string of the molecule is COc1ccc(C2(c3ccc(OC)cc3)C=Cc3c(N(C4CCC4)S(=O)(=O)c4ccc(C)cc4)n[nH]c3C2)cc1. The number of rotatable bonds is 8. The molecule has 4 aromatic rings. The summed E-state index contributed by atoms with van der Waals surface area (Å²) in [6, 6.07) is 23.1. The number of aromatic nitrogens is 2. The first-order chi connectivity index (χ1) is 19.4. The van der Waals surface area contributed by atoms with Gasteiger partial charge in [0.25, 0.3) is 10.0 Å². The maximum Gasteiger partial charge on any atom is 0.265 e. The Labute approximate surface area is 235 Å². The number of fused-ring (bicyclic) bond motifs is 1. The van der Waals surface area contributed by atoms with Crippen LogP contribution in [0.4, 0.5) is 5.82 Å². The molecule has 206 valence electrons. The summed E-state index contributed by atoms with van der Waals surface area (Å²) in [6.07, 6.45) is 7.44. The normalized spacial score (nSPS) is 16.2. The highest BCUT2D eigenvalue weighted by Crippen LogP contribution is 2.45. The summed E-state index contributed by atoms with van der Waals surface area (Å²) in [5.74, 6) is 2.04. The van der Waals surface area contributed by atoms with E-state index in [-0.39, 0.29) is 10.9 Å². The van der Waals surface area contributed by atoms with Gasteiger partial charge in [-0.2, -0.15) is 5.10 Å². The van der Waals surface area contributed by atoms with Crippen LogP contribution in [0.1, 0.15) is 47.2 Å². The number of allylic oxidation sites excluding steroid dienone is 1. The van der Waals surface area contributed by atoms with Crippen LogP contribution in [0.25, 0.3) is 6.08 Å². The third-order valence-corrected chi connectivity index (χ3v) is 10.1. The quantitative estimate of drug-likeness (QED) is 0.287. The number of aromatic amines is 1. The standard InChI is InChI=1S/C32H33N3O4S/c1-22-7-17-28(18-8-22)40(36,37)35(25-5-4-6-25)31-29-19-20-32(21-30(29)33-34-31,23-9-13-26(38-2)14-10-23)24-11-15-27(39-3)16-12-24/h7-20,25H,4-6,21H2,1-3H3,(H,33,34). The van der Waals surface area contributed by atoms with Crippen LogP contribution in [0.5, 0.6) is 11.5 Å². The van der Waals surface area contributed by atoms with E-state index in [4.69, 9.17) is 9.47 Å². The van der Waals surface area contributed by atoms with Crippen LogP contribution >= 0.6 is 0 Å². The molecule has 1 N–H and O–H groups in total. The number of hydrogen-bond acceptors (Lipinski definition) is 5. The summed E-state index contributed by atoms with van der Waals surface area (Å²) < 4.78 is 40.3. The summed E-state index contributed by atoms with van der Waals surface area (Å²) in [7, 11) is -0.477. The molecule has 0 atom stereocenters. The minimum atomic E-state index is -3.79. The molecule has 1 aromatic heterocycles. The van der Waals surface area contributed by atoms with Gasteiger partial charge in [0.15, 0.2) is 5.82 Å². The number of nitrogens with one attached hydrogen (secondary N) is 1. The number of H-pyrrole nitrogens is 1. The van der Waals surface area contributed by atoms with Gasteiger partial charge in [-0.05, 0) is 73.7 Å². The lowest BCUT2D eigenvalue weighted by atomic mass is 9.68. The van der Waals surface area contributed by atoms with Crippen molar-refractivity contribution in [1.29, 1.82) is 0 Å². The van der Waals surface area contributed by atoms with Crippen molar-refractivity contribution in [2.24, 2.45) is 0 Å². The molecule has 0 amide bonds. The molecule has 0 saturated heterocycles. The molecular weight excluding hydrogens is 522 g/mol. The number of benzene rings is 3. The fourth-order valence-corrected chi connectivity index (χ4v) is 7.36. The van der Waals surface area contributed by atoms with Crippen LogP contribution in [0.2, 0.25) is 0 Å². The van der Waals surface area contributed by atoms with E-state index in [0.717, 1.165) is 58.7 Å². The molecule has 0 spiro atoms. The highest BCUT2D eigenvalue weighted by atomic mass is 32.2. The first-order valence-electron chi connectivity index (χ1n) is 13.5. The van der Waals surface area contributed by atoms with E-state index >= 15 is 0 Å².